The second kappa shape index (κ2) is 15.0. The van der Waals surface area contributed by atoms with Gasteiger partial charge in [-0.1, -0.05) is 6.07 Å². The van der Waals surface area contributed by atoms with Crippen LogP contribution in [0, 0.1) is 0 Å². The molecule has 2 aromatic rings. The normalized spacial score (nSPS) is 19.5. The summed E-state index contributed by atoms with van der Waals surface area (Å²) in [4.78, 5) is 15.1. The van der Waals surface area contributed by atoms with Gasteiger partial charge in [-0.2, -0.15) is 0 Å². The van der Waals surface area contributed by atoms with Crippen molar-refractivity contribution < 1.29 is 50.1 Å². The van der Waals surface area contributed by atoms with Gasteiger partial charge in [0, 0.05) is 44.0 Å². The zero-order valence-corrected chi connectivity index (χ0v) is 24.2. The fourth-order valence-corrected chi connectivity index (χ4v) is 5.15. The van der Waals surface area contributed by atoms with E-state index in [1.807, 2.05) is 0 Å². The molecule has 44 heavy (non-hydrogen) atoms. The molecule has 2 aromatic carbocycles. The van der Waals surface area contributed by atoms with Crippen molar-refractivity contribution in [3.63, 3.8) is 0 Å². The molecule has 16 heteroatoms. The van der Waals surface area contributed by atoms with Crippen LogP contribution >= 0.6 is 12.2 Å². The molecular weight excluding hydrogens is 618 g/mol. The van der Waals surface area contributed by atoms with Gasteiger partial charge in [0.2, 0.25) is 0 Å². The minimum Gasteiger partial charge on any atom is -0.490 e. The topological polar surface area (TPSA) is 93.3 Å². The van der Waals surface area contributed by atoms with E-state index in [1.165, 1.54) is 24.3 Å². The van der Waals surface area contributed by atoms with E-state index in [-0.39, 0.29) is 40.9 Å². The van der Waals surface area contributed by atoms with Gasteiger partial charge >= 0.3 is 12.7 Å². The lowest BCUT2D eigenvalue weighted by molar-refractivity contribution is -0.275. The Morgan fingerprint density at radius 2 is 1.59 bits per heavy atom. The Bertz CT molecular complexity index is 1270. The number of alkyl halides is 6. The van der Waals surface area contributed by atoms with Crippen LogP contribution in [-0.2, 0) is 4.74 Å². The Hall–Kier alpha value is -3.50. The van der Waals surface area contributed by atoms with Gasteiger partial charge in [0.15, 0.2) is 5.11 Å². The van der Waals surface area contributed by atoms with Gasteiger partial charge in [0.1, 0.15) is 17.2 Å². The van der Waals surface area contributed by atoms with E-state index in [2.05, 4.69) is 30.3 Å². The molecule has 1 amide bonds. The number of ether oxygens (including phenoxy) is 4. The summed E-state index contributed by atoms with van der Waals surface area (Å²) in [6, 6.07) is 8.63. The van der Waals surface area contributed by atoms with E-state index in [9.17, 15) is 31.1 Å². The summed E-state index contributed by atoms with van der Waals surface area (Å²) >= 11 is 5.31. The van der Waals surface area contributed by atoms with Crippen molar-refractivity contribution in [3.05, 3.63) is 48.0 Å². The number of morpholine rings is 1. The summed E-state index contributed by atoms with van der Waals surface area (Å²) < 4.78 is 95.4. The molecule has 2 aliphatic rings. The van der Waals surface area contributed by atoms with Crippen LogP contribution in [0.25, 0.3) is 0 Å². The number of halogens is 6. The fourth-order valence-electron chi connectivity index (χ4n) is 4.86. The van der Waals surface area contributed by atoms with Crippen LogP contribution in [-0.4, -0.2) is 80.2 Å². The number of hydrogen-bond acceptors (Lipinski definition) is 7. The lowest BCUT2D eigenvalue weighted by Gasteiger charge is -2.31. The summed E-state index contributed by atoms with van der Waals surface area (Å²) in [5.41, 5.74) is 0.242. The summed E-state index contributed by atoms with van der Waals surface area (Å²) in [6.07, 6.45) is -7.74. The van der Waals surface area contributed by atoms with Crippen LogP contribution in [0.1, 0.15) is 36.0 Å². The van der Waals surface area contributed by atoms with E-state index < -0.39 is 24.4 Å². The number of thiocarbonyl (C=S) groups is 1. The number of amides is 1. The third kappa shape index (κ3) is 11.2. The highest BCUT2D eigenvalue weighted by molar-refractivity contribution is 7.80. The Kier molecular flexibility index (Phi) is 11.4. The van der Waals surface area contributed by atoms with Gasteiger partial charge in [0.05, 0.1) is 24.9 Å². The first-order chi connectivity index (χ1) is 20.8. The number of benzene rings is 2. The van der Waals surface area contributed by atoms with Gasteiger partial charge in [-0.05, 0) is 68.2 Å². The number of carbonyl (C=O) groups excluding carboxylic acids is 1. The minimum absolute atomic E-state index is 0.0602. The molecule has 1 saturated carbocycles. The molecule has 0 atom stereocenters. The number of nitrogens with zero attached hydrogens (tertiary/aromatic N) is 1. The van der Waals surface area contributed by atoms with Gasteiger partial charge in [-0.3, -0.25) is 9.69 Å². The van der Waals surface area contributed by atoms with Crippen molar-refractivity contribution in [2.75, 3.05) is 44.7 Å². The molecule has 0 unspecified atom stereocenters. The number of anilines is 1. The van der Waals surface area contributed by atoms with Crippen LogP contribution < -0.4 is 30.2 Å². The minimum atomic E-state index is -4.92. The first-order valence-electron chi connectivity index (χ1n) is 13.9. The number of carbonyl (C=O) groups is 1. The largest absolute Gasteiger partial charge is 0.573 e. The molecule has 1 saturated heterocycles. The molecule has 0 bridgehead atoms. The van der Waals surface area contributed by atoms with Crippen LogP contribution in [0.2, 0.25) is 0 Å². The van der Waals surface area contributed by atoms with Gasteiger partial charge in [0.25, 0.3) is 5.91 Å². The van der Waals surface area contributed by atoms with Crippen LogP contribution in [0.15, 0.2) is 42.5 Å². The molecule has 1 aliphatic heterocycles. The number of rotatable bonds is 10. The molecule has 1 aliphatic carbocycles. The highest BCUT2D eigenvalue weighted by atomic mass is 32.1. The SMILES string of the molecule is O=C(NCCN1CCOCC1)c1cc(OC(F)(F)F)ccc1OC1CCC(NC(=S)Nc2cccc(OC(F)(F)F)c2)CC1. The van der Waals surface area contributed by atoms with Crippen molar-refractivity contribution in [1.82, 2.24) is 15.5 Å². The Morgan fingerprint density at radius 3 is 2.25 bits per heavy atom. The average molecular weight is 651 g/mol. The van der Waals surface area contributed by atoms with E-state index in [0.717, 1.165) is 25.2 Å². The molecule has 2 fully saturated rings. The molecular formula is C28H32F6N4O5S. The van der Waals surface area contributed by atoms with Crippen LogP contribution in [0.4, 0.5) is 32.0 Å². The van der Waals surface area contributed by atoms with E-state index in [4.69, 9.17) is 21.7 Å². The van der Waals surface area contributed by atoms with Crippen molar-refractivity contribution >= 4 is 28.9 Å². The quantitative estimate of drug-likeness (QED) is 0.237. The maximum absolute atomic E-state index is 13.0. The Labute approximate surface area is 255 Å². The zero-order valence-electron chi connectivity index (χ0n) is 23.4. The van der Waals surface area contributed by atoms with Crippen molar-refractivity contribution in [2.45, 2.75) is 50.6 Å². The standard InChI is InChI=1S/C28H32F6N4O5S/c29-27(30,31)42-21-3-1-2-19(16-21)37-26(44)36-18-4-6-20(7-5-18)41-24-9-8-22(43-28(32,33)34)17-23(24)25(39)35-10-11-38-12-14-40-15-13-38/h1-3,8-9,16-18,20H,4-7,10-15H2,(H,35,39)(H2,36,37,44). The van der Waals surface area contributed by atoms with Crippen molar-refractivity contribution in [1.29, 1.82) is 0 Å². The van der Waals surface area contributed by atoms with E-state index >= 15 is 0 Å². The van der Waals surface area contributed by atoms with Gasteiger partial charge in [-0.25, -0.2) is 0 Å². The van der Waals surface area contributed by atoms with E-state index in [0.29, 0.717) is 51.1 Å². The Balaban J connectivity index is 1.30. The molecule has 1 heterocycles. The van der Waals surface area contributed by atoms with Crippen LogP contribution in [0.3, 0.4) is 0 Å². The third-order valence-electron chi connectivity index (χ3n) is 6.88. The van der Waals surface area contributed by atoms with E-state index in [1.54, 1.807) is 6.07 Å². The predicted octanol–water partition coefficient (Wildman–Crippen LogP) is 5.22. The maximum atomic E-state index is 13.0. The number of nitrogens with one attached hydrogen (secondary N) is 3. The first-order valence-corrected chi connectivity index (χ1v) is 14.3. The average Bonchev–Trinajstić information content (AvgIpc) is 2.94. The van der Waals surface area contributed by atoms with Gasteiger partial charge < -0.3 is 34.9 Å². The molecule has 9 nitrogen and oxygen atoms in total. The number of hydrogen-bond donors (Lipinski definition) is 3. The maximum Gasteiger partial charge on any atom is 0.573 e. The van der Waals surface area contributed by atoms with Gasteiger partial charge in [-0.15, -0.1) is 26.3 Å². The Morgan fingerprint density at radius 1 is 0.932 bits per heavy atom. The second-order valence-corrected chi connectivity index (χ2v) is 10.6. The lowest BCUT2D eigenvalue weighted by atomic mass is 9.93. The van der Waals surface area contributed by atoms with Crippen molar-refractivity contribution in [3.8, 4) is 17.2 Å². The summed E-state index contributed by atoms with van der Waals surface area (Å²) in [6.45, 7) is 3.48. The molecule has 242 valence electrons. The molecule has 0 radical (unpaired) electrons. The fraction of sp³-hybridized carbons (Fsp3) is 0.500. The zero-order chi connectivity index (χ0) is 31.7. The highest BCUT2D eigenvalue weighted by Crippen LogP contribution is 2.32. The molecule has 0 aromatic heterocycles. The highest BCUT2D eigenvalue weighted by Gasteiger charge is 2.33. The summed E-state index contributed by atoms with van der Waals surface area (Å²) in [5, 5.41) is 8.93. The lowest BCUT2D eigenvalue weighted by Crippen LogP contribution is -2.42. The smallest absolute Gasteiger partial charge is 0.490 e. The summed E-state index contributed by atoms with van der Waals surface area (Å²) in [5.74, 6) is -1.37. The predicted molar refractivity (Wildman–Crippen MR) is 152 cm³/mol. The summed E-state index contributed by atoms with van der Waals surface area (Å²) in [7, 11) is 0. The third-order valence-corrected chi connectivity index (χ3v) is 7.09. The molecule has 0 spiro atoms. The second-order valence-electron chi connectivity index (χ2n) is 10.2. The molecule has 4 rings (SSSR count). The van der Waals surface area contributed by atoms with Crippen LogP contribution in [0.5, 0.6) is 17.2 Å². The monoisotopic (exact) mass is 650 g/mol. The van der Waals surface area contributed by atoms with Crippen molar-refractivity contribution in [2.24, 2.45) is 0 Å². The molecule has 3 N–H and O–H groups in total. The first kappa shape index (κ1) is 33.4.